The molecule has 0 unspecified atom stereocenters. The van der Waals surface area contributed by atoms with Gasteiger partial charge in [0.2, 0.25) is 0 Å². The minimum absolute atomic E-state index is 0.0251. The van der Waals surface area contributed by atoms with Gasteiger partial charge in [0, 0.05) is 10.5 Å². The van der Waals surface area contributed by atoms with Crippen LogP contribution in [0.3, 0.4) is 0 Å². The number of esters is 1. The standard InChI is InChI=1S/C21H22N2O4S2/c1-4-27-15-8-11-17-18(12-15)29-21(23(17)13-19(24)26-3)22-20(25)14-6-9-16(10-7-14)28-5-2/h6-12H,4-5,13H2,1-3H3. The minimum Gasteiger partial charge on any atom is -0.494 e. The van der Waals surface area contributed by atoms with E-state index in [1.54, 1.807) is 28.5 Å². The number of rotatable bonds is 7. The molecule has 0 saturated heterocycles. The van der Waals surface area contributed by atoms with Crippen LogP contribution < -0.4 is 9.54 Å². The molecule has 0 radical (unpaired) electrons. The summed E-state index contributed by atoms with van der Waals surface area (Å²) in [5.41, 5.74) is 1.30. The monoisotopic (exact) mass is 430 g/mol. The van der Waals surface area contributed by atoms with E-state index in [-0.39, 0.29) is 12.5 Å². The van der Waals surface area contributed by atoms with Crippen molar-refractivity contribution < 1.29 is 19.1 Å². The van der Waals surface area contributed by atoms with Gasteiger partial charge >= 0.3 is 5.97 Å². The summed E-state index contributed by atoms with van der Waals surface area (Å²) in [6.07, 6.45) is 0. The van der Waals surface area contributed by atoms with Crippen molar-refractivity contribution in [1.29, 1.82) is 0 Å². The van der Waals surface area contributed by atoms with E-state index < -0.39 is 5.97 Å². The Balaban J connectivity index is 2.04. The quantitative estimate of drug-likeness (QED) is 0.416. The molecule has 0 spiro atoms. The molecule has 0 aliphatic heterocycles. The lowest BCUT2D eigenvalue weighted by Crippen LogP contribution is -2.22. The Morgan fingerprint density at radius 3 is 2.55 bits per heavy atom. The van der Waals surface area contributed by atoms with Crippen LogP contribution in [0.1, 0.15) is 24.2 Å². The van der Waals surface area contributed by atoms with Crippen LogP contribution in [-0.4, -0.2) is 35.9 Å². The van der Waals surface area contributed by atoms with Gasteiger partial charge in [-0.2, -0.15) is 4.99 Å². The SMILES string of the molecule is CCOc1ccc2c(c1)sc(=NC(=O)c1ccc(SCC)cc1)n2CC(=O)OC. The maximum absolute atomic E-state index is 12.7. The highest BCUT2D eigenvalue weighted by molar-refractivity contribution is 7.99. The lowest BCUT2D eigenvalue weighted by molar-refractivity contribution is -0.141. The van der Waals surface area contributed by atoms with Crippen LogP contribution in [-0.2, 0) is 16.1 Å². The molecule has 0 atom stereocenters. The number of thiazole rings is 1. The Morgan fingerprint density at radius 2 is 1.90 bits per heavy atom. The number of hydrogen-bond acceptors (Lipinski definition) is 6. The molecule has 0 bridgehead atoms. The van der Waals surface area contributed by atoms with E-state index in [9.17, 15) is 9.59 Å². The largest absolute Gasteiger partial charge is 0.494 e. The van der Waals surface area contributed by atoms with Crippen LogP contribution in [0.5, 0.6) is 5.75 Å². The highest BCUT2D eigenvalue weighted by atomic mass is 32.2. The van der Waals surface area contributed by atoms with Crippen molar-refractivity contribution in [3.05, 3.63) is 52.8 Å². The van der Waals surface area contributed by atoms with Gasteiger partial charge in [-0.3, -0.25) is 9.59 Å². The molecule has 6 nitrogen and oxygen atoms in total. The smallest absolute Gasteiger partial charge is 0.325 e. The van der Waals surface area contributed by atoms with Crippen LogP contribution in [0.15, 0.2) is 52.4 Å². The molecule has 0 N–H and O–H groups in total. The second kappa shape index (κ2) is 9.76. The van der Waals surface area contributed by atoms with Crippen molar-refractivity contribution in [3.63, 3.8) is 0 Å². The number of carbonyl (C=O) groups excluding carboxylic acids is 2. The summed E-state index contributed by atoms with van der Waals surface area (Å²) in [5.74, 6) is 0.937. The molecule has 1 heterocycles. The van der Waals surface area contributed by atoms with E-state index in [1.807, 2.05) is 37.3 Å². The van der Waals surface area contributed by atoms with E-state index in [0.717, 1.165) is 26.6 Å². The Kier molecular flexibility index (Phi) is 7.11. The molecule has 0 aliphatic carbocycles. The third-order valence-electron chi connectivity index (χ3n) is 4.09. The number of thioether (sulfide) groups is 1. The molecule has 0 aliphatic rings. The van der Waals surface area contributed by atoms with Gasteiger partial charge in [-0.25, -0.2) is 0 Å². The molecule has 3 rings (SSSR count). The lowest BCUT2D eigenvalue weighted by Gasteiger charge is -2.05. The highest BCUT2D eigenvalue weighted by Gasteiger charge is 2.13. The molecule has 8 heteroatoms. The second-order valence-electron chi connectivity index (χ2n) is 5.98. The van der Waals surface area contributed by atoms with Gasteiger partial charge < -0.3 is 14.0 Å². The minimum atomic E-state index is -0.409. The number of fused-ring (bicyclic) bond motifs is 1. The van der Waals surface area contributed by atoms with E-state index >= 15 is 0 Å². The topological polar surface area (TPSA) is 69.9 Å². The van der Waals surface area contributed by atoms with Crippen molar-refractivity contribution in [1.82, 2.24) is 4.57 Å². The maximum atomic E-state index is 12.7. The van der Waals surface area contributed by atoms with Gasteiger partial charge in [0.15, 0.2) is 4.80 Å². The number of ether oxygens (including phenoxy) is 2. The fraction of sp³-hybridized carbons (Fsp3) is 0.286. The zero-order chi connectivity index (χ0) is 20.8. The number of nitrogens with zero attached hydrogens (tertiary/aromatic N) is 2. The zero-order valence-corrected chi connectivity index (χ0v) is 18.1. The van der Waals surface area contributed by atoms with Crippen LogP contribution in [0, 0.1) is 0 Å². The molecular weight excluding hydrogens is 408 g/mol. The Hall–Kier alpha value is -2.58. The number of benzene rings is 2. The summed E-state index contributed by atoms with van der Waals surface area (Å²) in [6.45, 7) is 4.53. The molecule has 29 heavy (non-hydrogen) atoms. The molecule has 1 aromatic heterocycles. The summed E-state index contributed by atoms with van der Waals surface area (Å²) in [4.78, 5) is 30.5. The Bertz CT molecular complexity index is 1080. The van der Waals surface area contributed by atoms with Crippen LogP contribution in [0.4, 0.5) is 0 Å². The first-order valence-corrected chi connectivity index (χ1v) is 11.0. The number of methoxy groups -OCH3 is 1. The average molecular weight is 431 g/mol. The first kappa shape index (κ1) is 21.1. The molecular formula is C21H22N2O4S2. The molecule has 0 fully saturated rings. The van der Waals surface area contributed by atoms with Crippen LogP contribution >= 0.6 is 23.1 Å². The van der Waals surface area contributed by atoms with E-state index in [0.29, 0.717) is 17.0 Å². The highest BCUT2D eigenvalue weighted by Crippen LogP contribution is 2.24. The van der Waals surface area contributed by atoms with Crippen molar-refractivity contribution in [2.75, 3.05) is 19.5 Å². The first-order valence-electron chi connectivity index (χ1n) is 9.20. The summed E-state index contributed by atoms with van der Waals surface area (Å²) < 4.78 is 12.9. The van der Waals surface area contributed by atoms with E-state index in [4.69, 9.17) is 9.47 Å². The fourth-order valence-electron chi connectivity index (χ4n) is 2.75. The summed E-state index contributed by atoms with van der Waals surface area (Å²) in [7, 11) is 1.34. The fourth-order valence-corrected chi connectivity index (χ4v) is 4.47. The third kappa shape index (κ3) is 5.07. The van der Waals surface area contributed by atoms with Crippen LogP contribution in [0.2, 0.25) is 0 Å². The lowest BCUT2D eigenvalue weighted by atomic mass is 10.2. The normalized spacial score (nSPS) is 11.6. The molecule has 1 amide bonds. The predicted molar refractivity (Wildman–Crippen MR) is 116 cm³/mol. The van der Waals surface area contributed by atoms with Crippen LogP contribution in [0.25, 0.3) is 10.2 Å². The number of hydrogen-bond donors (Lipinski definition) is 0. The summed E-state index contributed by atoms with van der Waals surface area (Å²) in [5, 5.41) is 0. The van der Waals surface area contributed by atoms with Gasteiger partial charge in [-0.05, 0) is 55.1 Å². The van der Waals surface area contributed by atoms with Crippen molar-refractivity contribution in [2.45, 2.75) is 25.3 Å². The van der Waals surface area contributed by atoms with Crippen molar-refractivity contribution in [2.24, 2.45) is 4.99 Å². The average Bonchev–Trinajstić information content (AvgIpc) is 3.05. The third-order valence-corrected chi connectivity index (χ3v) is 6.02. The van der Waals surface area contributed by atoms with Crippen molar-refractivity contribution in [3.8, 4) is 5.75 Å². The molecule has 3 aromatic rings. The summed E-state index contributed by atoms with van der Waals surface area (Å²) in [6, 6.07) is 13.0. The van der Waals surface area contributed by atoms with E-state index in [1.165, 1.54) is 18.4 Å². The number of aromatic nitrogens is 1. The van der Waals surface area contributed by atoms with Crippen molar-refractivity contribution >= 4 is 45.2 Å². The first-order chi connectivity index (χ1) is 14.0. The van der Waals surface area contributed by atoms with Gasteiger partial charge in [-0.1, -0.05) is 18.3 Å². The zero-order valence-electron chi connectivity index (χ0n) is 16.5. The van der Waals surface area contributed by atoms with Gasteiger partial charge in [-0.15, -0.1) is 11.8 Å². The second-order valence-corrected chi connectivity index (χ2v) is 8.33. The van der Waals surface area contributed by atoms with Gasteiger partial charge in [0.05, 0.1) is 23.9 Å². The summed E-state index contributed by atoms with van der Waals surface area (Å²) >= 11 is 3.05. The Morgan fingerprint density at radius 1 is 1.14 bits per heavy atom. The number of amides is 1. The molecule has 0 saturated carbocycles. The predicted octanol–water partition coefficient (Wildman–Crippen LogP) is 4.13. The number of carbonyl (C=O) groups is 2. The Labute approximate surface area is 177 Å². The molecule has 152 valence electrons. The van der Waals surface area contributed by atoms with E-state index in [2.05, 4.69) is 11.9 Å². The van der Waals surface area contributed by atoms with Gasteiger partial charge in [0.25, 0.3) is 5.91 Å². The van der Waals surface area contributed by atoms with Gasteiger partial charge in [0.1, 0.15) is 12.3 Å². The molecule has 2 aromatic carbocycles. The maximum Gasteiger partial charge on any atom is 0.325 e.